The van der Waals surface area contributed by atoms with Gasteiger partial charge >= 0.3 is 0 Å². The number of rotatable bonds is 2. The Bertz CT molecular complexity index is 1850. The van der Waals surface area contributed by atoms with E-state index in [4.69, 9.17) is 6.58 Å². The molecule has 0 radical (unpaired) electrons. The minimum absolute atomic E-state index is 0.156. The molecule has 0 fully saturated rings. The van der Waals surface area contributed by atoms with Gasteiger partial charge in [0.2, 0.25) is 16.9 Å². The first kappa shape index (κ1) is 25.4. The number of nitrogens with zero attached hydrogens (tertiary/aromatic N) is 2. The van der Waals surface area contributed by atoms with Crippen molar-refractivity contribution in [2.75, 3.05) is 0 Å². The smallest absolute Gasteiger partial charge is 0.194 e. The topological polar surface area (TPSA) is 7.76 Å². The van der Waals surface area contributed by atoms with Crippen LogP contribution in [0.1, 0.15) is 55.3 Å². The van der Waals surface area contributed by atoms with Crippen molar-refractivity contribution < 1.29 is 9.13 Å². The van der Waals surface area contributed by atoms with Crippen molar-refractivity contribution in [3.05, 3.63) is 144 Å². The molecule has 0 bridgehead atoms. The van der Waals surface area contributed by atoms with Gasteiger partial charge in [0.05, 0.1) is 17.4 Å². The number of benzene rings is 3. The van der Waals surface area contributed by atoms with Crippen LogP contribution in [0.4, 0.5) is 0 Å². The number of hydrogen-bond donors (Lipinski definition) is 0. The van der Waals surface area contributed by atoms with Crippen molar-refractivity contribution in [3.8, 4) is 33.6 Å². The molecule has 0 aliphatic carbocycles. The summed E-state index contributed by atoms with van der Waals surface area (Å²) < 4.78 is 5.20. The molecule has 0 amide bonds. The van der Waals surface area contributed by atoms with E-state index in [1.54, 1.807) is 0 Å². The van der Waals surface area contributed by atoms with Crippen LogP contribution in [0.15, 0.2) is 128 Å². The number of pyridine rings is 2. The maximum Gasteiger partial charge on any atom is 0.213 e. The summed E-state index contributed by atoms with van der Waals surface area (Å²) in [6.45, 7) is 10.6. The van der Waals surface area contributed by atoms with E-state index in [9.17, 15) is 0 Å². The first-order valence-corrected chi connectivity index (χ1v) is 15.6. The maximum atomic E-state index is 4.99. The maximum absolute atomic E-state index is 4.99. The number of fused-ring (bicyclic) bond motifs is 6. The molecular formula is C40H38N2+2. The van der Waals surface area contributed by atoms with Gasteiger partial charge in [-0.15, -0.1) is 0 Å². The van der Waals surface area contributed by atoms with Gasteiger partial charge in [-0.2, -0.15) is 9.13 Å². The molecule has 2 nitrogen and oxygen atoms in total. The van der Waals surface area contributed by atoms with Crippen LogP contribution in [0, 0.1) is 5.92 Å². The van der Waals surface area contributed by atoms with E-state index in [1.807, 2.05) is 0 Å². The van der Waals surface area contributed by atoms with Gasteiger partial charge in [0.15, 0.2) is 18.4 Å². The van der Waals surface area contributed by atoms with Crippen molar-refractivity contribution in [2.24, 2.45) is 5.92 Å². The van der Waals surface area contributed by atoms with Crippen LogP contribution in [0.2, 0.25) is 0 Å². The molecule has 1 spiro atoms. The van der Waals surface area contributed by atoms with E-state index in [2.05, 4.69) is 138 Å². The average molecular weight is 547 g/mol. The van der Waals surface area contributed by atoms with E-state index in [1.165, 1.54) is 56.0 Å². The highest BCUT2D eigenvalue weighted by Crippen LogP contribution is 2.56. The van der Waals surface area contributed by atoms with Gasteiger partial charge in [-0.05, 0) is 65.3 Å². The van der Waals surface area contributed by atoms with Gasteiger partial charge in [0, 0.05) is 41.8 Å². The monoisotopic (exact) mass is 546 g/mol. The molecule has 206 valence electrons. The van der Waals surface area contributed by atoms with Crippen LogP contribution < -0.4 is 9.13 Å². The molecule has 5 heterocycles. The molecule has 2 heteroatoms. The number of hydrogen-bond acceptors (Lipinski definition) is 0. The van der Waals surface area contributed by atoms with Gasteiger partial charge < -0.3 is 0 Å². The van der Waals surface area contributed by atoms with E-state index in [0.717, 1.165) is 25.8 Å². The normalized spacial score (nSPS) is 22.0. The van der Waals surface area contributed by atoms with Crippen molar-refractivity contribution in [2.45, 2.75) is 57.0 Å². The molecule has 3 atom stereocenters. The Morgan fingerprint density at radius 1 is 0.762 bits per heavy atom. The lowest BCUT2D eigenvalue weighted by Crippen LogP contribution is -2.63. The molecule has 42 heavy (non-hydrogen) atoms. The van der Waals surface area contributed by atoms with Gasteiger partial charge in [-0.25, -0.2) is 0 Å². The molecular weight excluding hydrogens is 508 g/mol. The lowest BCUT2D eigenvalue weighted by atomic mass is 9.65. The van der Waals surface area contributed by atoms with E-state index < -0.39 is 0 Å². The fourth-order valence-electron chi connectivity index (χ4n) is 8.46. The minimum Gasteiger partial charge on any atom is -0.194 e. The summed E-state index contributed by atoms with van der Waals surface area (Å²) in [7, 11) is 0. The molecule has 2 aromatic heterocycles. The Kier molecular flexibility index (Phi) is 5.83. The third-order valence-corrected chi connectivity index (χ3v) is 10.4. The number of aryl methyl sites for hydroxylation is 1. The van der Waals surface area contributed by atoms with Gasteiger partial charge in [-0.1, -0.05) is 81.1 Å². The molecule has 0 saturated carbocycles. The molecule has 3 aliphatic rings. The first-order valence-electron chi connectivity index (χ1n) is 15.6. The van der Waals surface area contributed by atoms with Crippen LogP contribution in [-0.2, 0) is 18.5 Å². The van der Waals surface area contributed by atoms with Crippen LogP contribution in [0.3, 0.4) is 0 Å². The standard InChI is InChI=1S/C40H38N2/c1-27(2)35-25-40-28(3)26-41-23-10-9-16-37(41)34-24-31(29-12-5-4-6-13-29)20-19-30(34)21-22-36(40)32-14-7-8-15-33(32)38-17-11-18-39(35)42(38)40/h4-20,23-24,27,35-36H,3,21-22,25-26H2,1-2H3/q+2. The zero-order chi connectivity index (χ0) is 28.4. The van der Waals surface area contributed by atoms with Crippen molar-refractivity contribution in [3.63, 3.8) is 0 Å². The SMILES string of the molecule is C=C1C[n+]2ccccc2-c2cc(-c3ccccc3)ccc2CCC2c3ccccc3-c3cccc4[n+]3C12CC4C(C)C. The third-order valence-electron chi connectivity index (χ3n) is 10.4. The predicted octanol–water partition coefficient (Wildman–Crippen LogP) is 8.40. The molecule has 0 saturated heterocycles. The summed E-state index contributed by atoms with van der Waals surface area (Å²) in [6.07, 6.45) is 5.49. The van der Waals surface area contributed by atoms with E-state index >= 15 is 0 Å². The average Bonchev–Trinajstić information content (AvgIpc) is 3.39. The van der Waals surface area contributed by atoms with Crippen molar-refractivity contribution in [1.82, 2.24) is 0 Å². The van der Waals surface area contributed by atoms with Gasteiger partial charge in [-0.3, -0.25) is 0 Å². The van der Waals surface area contributed by atoms with Gasteiger partial charge in [0.1, 0.15) is 0 Å². The van der Waals surface area contributed by atoms with Crippen LogP contribution in [0.25, 0.3) is 33.6 Å². The zero-order valence-corrected chi connectivity index (χ0v) is 24.6. The molecule has 0 N–H and O–H groups in total. The summed E-state index contributed by atoms with van der Waals surface area (Å²) in [4.78, 5) is 0. The molecule has 3 aliphatic heterocycles. The fourth-order valence-corrected chi connectivity index (χ4v) is 8.46. The molecule has 3 aromatic carbocycles. The van der Waals surface area contributed by atoms with E-state index in [-0.39, 0.29) is 5.54 Å². The molecule has 5 aromatic rings. The fraction of sp³-hybridized carbons (Fsp3) is 0.250. The lowest BCUT2D eigenvalue weighted by Gasteiger charge is -2.40. The highest BCUT2D eigenvalue weighted by Gasteiger charge is 2.63. The van der Waals surface area contributed by atoms with E-state index in [0.29, 0.717) is 17.8 Å². The zero-order valence-electron chi connectivity index (χ0n) is 24.6. The van der Waals surface area contributed by atoms with Crippen LogP contribution in [0.5, 0.6) is 0 Å². The highest BCUT2D eigenvalue weighted by atomic mass is 15.1. The predicted molar refractivity (Wildman–Crippen MR) is 170 cm³/mol. The molecule has 3 unspecified atom stereocenters. The lowest BCUT2D eigenvalue weighted by molar-refractivity contribution is -0.753. The summed E-state index contributed by atoms with van der Waals surface area (Å²) in [5.74, 6) is 1.42. The van der Waals surface area contributed by atoms with Crippen molar-refractivity contribution in [1.29, 1.82) is 0 Å². The van der Waals surface area contributed by atoms with Gasteiger partial charge in [0.25, 0.3) is 0 Å². The largest absolute Gasteiger partial charge is 0.213 e. The van der Waals surface area contributed by atoms with Crippen molar-refractivity contribution >= 4 is 0 Å². The Hall–Kier alpha value is -4.30. The second-order valence-corrected chi connectivity index (χ2v) is 12.9. The Morgan fingerprint density at radius 3 is 2.40 bits per heavy atom. The summed E-state index contributed by atoms with van der Waals surface area (Å²) >= 11 is 0. The van der Waals surface area contributed by atoms with Crippen LogP contribution >= 0.6 is 0 Å². The summed E-state index contributed by atoms with van der Waals surface area (Å²) in [5, 5.41) is 0. The van der Waals surface area contributed by atoms with Crippen LogP contribution in [-0.4, -0.2) is 0 Å². The second kappa shape index (κ2) is 9.63. The first-order chi connectivity index (χ1) is 20.6. The Morgan fingerprint density at radius 2 is 1.55 bits per heavy atom. The second-order valence-electron chi connectivity index (χ2n) is 12.9. The number of allylic oxidation sites excluding steroid dienone is 1. The Balaban J connectivity index is 1.36. The number of aromatic nitrogens is 2. The minimum atomic E-state index is -0.156. The highest BCUT2D eigenvalue weighted by molar-refractivity contribution is 5.73. The quantitative estimate of drug-likeness (QED) is 0.155. The molecule has 8 rings (SSSR count). The third kappa shape index (κ3) is 3.64. The summed E-state index contributed by atoms with van der Waals surface area (Å²) in [6, 6.07) is 40.8. The summed E-state index contributed by atoms with van der Waals surface area (Å²) in [5.41, 5.74) is 13.4. The Labute approximate surface area is 249 Å².